The average molecular weight is 456 g/mol. The average Bonchev–Trinajstić information content (AvgIpc) is 2.76. The summed E-state index contributed by atoms with van der Waals surface area (Å²) in [6, 6.07) is 11.1. The number of piperazine rings is 1. The minimum absolute atomic E-state index is 0.00527. The summed E-state index contributed by atoms with van der Waals surface area (Å²) in [5.41, 5.74) is 1.05. The Bertz CT molecular complexity index is 1260. The highest BCUT2D eigenvalue weighted by Gasteiger charge is 2.31. The van der Waals surface area contributed by atoms with Crippen molar-refractivity contribution in [3.05, 3.63) is 65.4 Å². The van der Waals surface area contributed by atoms with Crippen LogP contribution in [0.2, 0.25) is 0 Å². The van der Waals surface area contributed by atoms with E-state index in [1.165, 1.54) is 23.1 Å². The summed E-state index contributed by atoms with van der Waals surface area (Å²) in [6.07, 6.45) is 0.100. The molecule has 0 aromatic heterocycles. The van der Waals surface area contributed by atoms with Crippen molar-refractivity contribution >= 4 is 39.1 Å². The number of fused-ring (bicyclic) bond motifs is 1. The number of Topliss-reactive ketones (excluding diaryl/α,β-unsaturated/α-hetero) is 1. The third-order valence-corrected chi connectivity index (χ3v) is 6.36. The maximum atomic E-state index is 13.0. The predicted molar refractivity (Wildman–Crippen MR) is 116 cm³/mol. The maximum Gasteiger partial charge on any atom is 0.407 e. The molecule has 32 heavy (non-hydrogen) atoms. The number of sulfonamides is 1. The summed E-state index contributed by atoms with van der Waals surface area (Å²) >= 11 is 0. The Balaban J connectivity index is 1.63. The Hall–Kier alpha value is -3.70. The van der Waals surface area contributed by atoms with Crippen molar-refractivity contribution < 1.29 is 27.9 Å². The Morgan fingerprint density at radius 2 is 1.69 bits per heavy atom. The first-order valence-corrected chi connectivity index (χ1v) is 11.3. The van der Waals surface area contributed by atoms with E-state index in [2.05, 4.69) is 5.32 Å². The van der Waals surface area contributed by atoms with Gasteiger partial charge >= 0.3 is 6.09 Å². The lowest BCUT2D eigenvalue weighted by atomic mass is 9.92. The number of ketones is 2. The summed E-state index contributed by atoms with van der Waals surface area (Å²) < 4.78 is 23.7. The van der Waals surface area contributed by atoms with Gasteiger partial charge in [-0.05, 0) is 18.2 Å². The fourth-order valence-corrected chi connectivity index (χ4v) is 4.62. The van der Waals surface area contributed by atoms with Crippen LogP contribution >= 0.6 is 0 Å². The number of primary sulfonamides is 1. The van der Waals surface area contributed by atoms with E-state index in [0.717, 1.165) is 11.8 Å². The highest BCUT2D eigenvalue weighted by molar-refractivity contribution is 7.89. The smallest absolute Gasteiger partial charge is 0.407 e. The number of carboxylic acid groups (broad SMARTS) is 1. The standard InChI is InChI=1S/C21H20N4O6S/c22-32(30,31)18-7-3-4-13-19(18)17(26)12-15(20(13)27)23-14-5-1-2-6-16(14)24-8-10-25(11-9-24)21(28)29/h1-7,12,23H,8-11H2,(H,28,29)(H2,22,30,31). The molecule has 0 saturated carbocycles. The molecule has 10 nitrogen and oxygen atoms in total. The number of allylic oxidation sites excluding steroid dienone is 2. The van der Waals surface area contributed by atoms with Crippen molar-refractivity contribution in [2.75, 3.05) is 36.4 Å². The second kappa shape index (κ2) is 8.09. The van der Waals surface area contributed by atoms with E-state index in [0.29, 0.717) is 31.9 Å². The fraction of sp³-hybridized carbons (Fsp3) is 0.190. The number of para-hydroxylation sites is 2. The van der Waals surface area contributed by atoms with E-state index in [9.17, 15) is 22.8 Å². The molecule has 4 N–H and O–H groups in total. The second-order valence-corrected chi connectivity index (χ2v) is 8.90. The lowest BCUT2D eigenvalue weighted by molar-refractivity contribution is 0.0983. The Labute approximate surface area is 184 Å². The van der Waals surface area contributed by atoms with Crippen LogP contribution in [0.1, 0.15) is 20.7 Å². The van der Waals surface area contributed by atoms with Crippen molar-refractivity contribution in [1.82, 2.24) is 4.90 Å². The molecule has 2 aromatic rings. The number of benzene rings is 2. The zero-order chi connectivity index (χ0) is 23.0. The minimum Gasteiger partial charge on any atom is -0.465 e. The van der Waals surface area contributed by atoms with Crippen molar-refractivity contribution in [3.63, 3.8) is 0 Å². The number of carbonyl (C=O) groups excluding carboxylic acids is 2. The number of amides is 1. The van der Waals surface area contributed by atoms with Gasteiger partial charge in [0.05, 0.1) is 27.5 Å². The topological polar surface area (TPSA) is 150 Å². The molecule has 0 spiro atoms. The molecule has 1 saturated heterocycles. The molecule has 1 amide bonds. The van der Waals surface area contributed by atoms with E-state index >= 15 is 0 Å². The van der Waals surface area contributed by atoms with Gasteiger partial charge < -0.3 is 20.2 Å². The Morgan fingerprint density at radius 3 is 2.34 bits per heavy atom. The van der Waals surface area contributed by atoms with Crippen LogP contribution in [0.4, 0.5) is 16.2 Å². The van der Waals surface area contributed by atoms with E-state index < -0.39 is 27.7 Å². The fourth-order valence-electron chi connectivity index (χ4n) is 3.86. The molecule has 1 aliphatic carbocycles. The molecular formula is C21H20N4O6S. The predicted octanol–water partition coefficient (Wildman–Crippen LogP) is 1.51. The molecule has 0 unspecified atom stereocenters. The number of nitrogens with zero attached hydrogens (tertiary/aromatic N) is 2. The van der Waals surface area contributed by atoms with Crippen molar-refractivity contribution in [3.8, 4) is 0 Å². The second-order valence-electron chi connectivity index (χ2n) is 7.37. The highest BCUT2D eigenvalue weighted by Crippen LogP contribution is 2.31. The summed E-state index contributed by atoms with van der Waals surface area (Å²) in [7, 11) is -4.18. The number of carbonyl (C=O) groups is 3. The Kier molecular flexibility index (Phi) is 5.45. The summed E-state index contributed by atoms with van der Waals surface area (Å²) in [6.45, 7) is 1.62. The van der Waals surface area contributed by atoms with Gasteiger partial charge in [0.25, 0.3) is 0 Å². The first kappa shape index (κ1) is 21.5. The van der Waals surface area contributed by atoms with Gasteiger partial charge in [-0.25, -0.2) is 18.4 Å². The van der Waals surface area contributed by atoms with Gasteiger partial charge in [-0.15, -0.1) is 0 Å². The molecule has 4 rings (SSSR count). The SMILES string of the molecule is NS(=O)(=O)c1cccc2c1C(=O)C=C(Nc1ccccc1N1CCN(C(=O)O)CC1)C2=O. The summed E-state index contributed by atoms with van der Waals surface area (Å²) in [5, 5.41) is 17.3. The van der Waals surface area contributed by atoms with Gasteiger partial charge in [-0.1, -0.05) is 24.3 Å². The van der Waals surface area contributed by atoms with Gasteiger partial charge in [-0.2, -0.15) is 0 Å². The quantitative estimate of drug-likeness (QED) is 0.626. The van der Waals surface area contributed by atoms with Crippen LogP contribution in [0.3, 0.4) is 0 Å². The molecule has 166 valence electrons. The molecule has 1 heterocycles. The third-order valence-electron chi connectivity index (χ3n) is 5.41. The van der Waals surface area contributed by atoms with Crippen molar-refractivity contribution in [2.45, 2.75) is 4.90 Å². The molecular weight excluding hydrogens is 436 g/mol. The zero-order valence-electron chi connectivity index (χ0n) is 16.8. The van der Waals surface area contributed by atoms with Crippen LogP contribution in [-0.2, 0) is 10.0 Å². The number of nitrogens with two attached hydrogens (primary N) is 1. The molecule has 2 aliphatic rings. The molecule has 0 radical (unpaired) electrons. The highest BCUT2D eigenvalue weighted by atomic mass is 32.2. The van der Waals surface area contributed by atoms with Gasteiger partial charge in [0, 0.05) is 37.8 Å². The zero-order valence-corrected chi connectivity index (χ0v) is 17.6. The molecule has 0 bridgehead atoms. The summed E-state index contributed by atoms with van der Waals surface area (Å²) in [4.78, 5) is 39.9. The number of rotatable bonds is 4. The van der Waals surface area contributed by atoms with Gasteiger partial charge in [-0.3, -0.25) is 9.59 Å². The van der Waals surface area contributed by atoms with Crippen LogP contribution in [0.15, 0.2) is 59.1 Å². The van der Waals surface area contributed by atoms with E-state index in [-0.39, 0.29) is 21.7 Å². The molecule has 0 atom stereocenters. The monoisotopic (exact) mass is 456 g/mol. The van der Waals surface area contributed by atoms with Crippen LogP contribution in [0.25, 0.3) is 0 Å². The number of nitrogens with one attached hydrogen (secondary N) is 1. The molecule has 11 heteroatoms. The number of anilines is 2. The van der Waals surface area contributed by atoms with E-state index in [1.807, 2.05) is 17.0 Å². The number of hydrogen-bond donors (Lipinski definition) is 3. The van der Waals surface area contributed by atoms with Crippen molar-refractivity contribution in [1.29, 1.82) is 0 Å². The lowest BCUT2D eigenvalue weighted by Crippen LogP contribution is -2.48. The molecule has 2 aromatic carbocycles. The van der Waals surface area contributed by atoms with Crippen LogP contribution in [0.5, 0.6) is 0 Å². The third kappa shape index (κ3) is 3.95. The van der Waals surface area contributed by atoms with Gasteiger partial charge in [0.1, 0.15) is 0 Å². The van der Waals surface area contributed by atoms with Gasteiger partial charge in [0.15, 0.2) is 5.78 Å². The largest absolute Gasteiger partial charge is 0.465 e. The minimum atomic E-state index is -4.18. The molecule has 1 fully saturated rings. The first-order valence-electron chi connectivity index (χ1n) is 9.72. The van der Waals surface area contributed by atoms with Crippen LogP contribution in [0, 0.1) is 0 Å². The first-order chi connectivity index (χ1) is 15.2. The maximum absolute atomic E-state index is 13.0. The van der Waals surface area contributed by atoms with E-state index in [1.54, 1.807) is 12.1 Å². The number of hydrogen-bond acceptors (Lipinski definition) is 7. The van der Waals surface area contributed by atoms with Crippen LogP contribution < -0.4 is 15.4 Å². The van der Waals surface area contributed by atoms with Crippen molar-refractivity contribution in [2.24, 2.45) is 5.14 Å². The normalized spacial score (nSPS) is 16.5. The molecule has 1 aliphatic heterocycles. The Morgan fingerprint density at radius 1 is 1.00 bits per heavy atom. The van der Waals surface area contributed by atoms with Gasteiger partial charge in [0.2, 0.25) is 15.8 Å². The lowest BCUT2D eigenvalue weighted by Gasteiger charge is -2.35. The summed E-state index contributed by atoms with van der Waals surface area (Å²) in [5.74, 6) is -1.17. The van der Waals surface area contributed by atoms with E-state index in [4.69, 9.17) is 10.2 Å². The van der Waals surface area contributed by atoms with Crippen LogP contribution in [-0.4, -0.2) is 62.3 Å².